The molecular weight excluding hydrogens is 255 g/mol. The Kier molecular flexibility index (Phi) is 4.09. The second kappa shape index (κ2) is 5.63. The Morgan fingerprint density at radius 1 is 1.00 bits per heavy atom. The van der Waals surface area contributed by atoms with Crippen molar-refractivity contribution in [3.8, 4) is 11.5 Å². The van der Waals surface area contributed by atoms with Crippen LogP contribution in [0.4, 0.5) is 4.39 Å². The molecule has 0 saturated carbocycles. The Hall–Kier alpha value is -1.87. The third-order valence-electron chi connectivity index (χ3n) is 3.45. The molecule has 3 heteroatoms. The van der Waals surface area contributed by atoms with Gasteiger partial charge in [-0.05, 0) is 68.7 Å². The largest absolute Gasteiger partial charge is 0.457 e. The summed E-state index contributed by atoms with van der Waals surface area (Å²) in [5.41, 5.74) is 3.25. The Morgan fingerprint density at radius 3 is 2.30 bits per heavy atom. The van der Waals surface area contributed by atoms with Crippen LogP contribution in [0.3, 0.4) is 0 Å². The van der Waals surface area contributed by atoms with E-state index >= 15 is 0 Å². The summed E-state index contributed by atoms with van der Waals surface area (Å²) < 4.78 is 19.4. The standard InChI is InChI=1S/C17H19FO2/c1-10-5-6-14(7-11(10)2)20-17-8-12(3)16(18)9-15(17)13(4)19/h5-9,13,19H,1-4H3. The van der Waals surface area contributed by atoms with Crippen LogP contribution in [0.25, 0.3) is 0 Å². The zero-order valence-corrected chi connectivity index (χ0v) is 12.2. The first kappa shape index (κ1) is 14.5. The third kappa shape index (κ3) is 2.99. The molecule has 0 bridgehead atoms. The maximum absolute atomic E-state index is 13.6. The van der Waals surface area contributed by atoms with E-state index in [-0.39, 0.29) is 5.82 Å². The second-order valence-electron chi connectivity index (χ2n) is 5.16. The van der Waals surface area contributed by atoms with Gasteiger partial charge in [0, 0.05) is 5.56 Å². The Bertz CT molecular complexity index is 633. The van der Waals surface area contributed by atoms with Crippen LogP contribution in [-0.2, 0) is 0 Å². The van der Waals surface area contributed by atoms with Crippen molar-refractivity contribution in [3.63, 3.8) is 0 Å². The van der Waals surface area contributed by atoms with Gasteiger partial charge in [-0.25, -0.2) is 4.39 Å². The minimum atomic E-state index is -0.786. The Balaban J connectivity index is 2.41. The quantitative estimate of drug-likeness (QED) is 0.886. The topological polar surface area (TPSA) is 29.5 Å². The molecule has 0 amide bonds. The zero-order valence-electron chi connectivity index (χ0n) is 12.2. The molecule has 0 radical (unpaired) electrons. The smallest absolute Gasteiger partial charge is 0.133 e. The van der Waals surface area contributed by atoms with Gasteiger partial charge in [0.1, 0.15) is 17.3 Å². The number of hydrogen-bond acceptors (Lipinski definition) is 2. The molecule has 1 atom stereocenters. The van der Waals surface area contributed by atoms with Crippen molar-refractivity contribution in [3.05, 3.63) is 58.4 Å². The van der Waals surface area contributed by atoms with Crippen molar-refractivity contribution in [2.24, 2.45) is 0 Å². The van der Waals surface area contributed by atoms with Crippen molar-refractivity contribution >= 4 is 0 Å². The molecule has 1 N–H and O–H groups in total. The van der Waals surface area contributed by atoms with Gasteiger partial charge in [0.15, 0.2) is 0 Å². The molecule has 2 rings (SSSR count). The lowest BCUT2D eigenvalue weighted by atomic mass is 10.1. The number of aliphatic hydroxyl groups is 1. The molecule has 0 heterocycles. The molecule has 0 spiro atoms. The normalized spacial score (nSPS) is 12.3. The molecule has 0 aliphatic carbocycles. The summed E-state index contributed by atoms with van der Waals surface area (Å²) in [4.78, 5) is 0. The van der Waals surface area contributed by atoms with Gasteiger partial charge >= 0.3 is 0 Å². The fourth-order valence-corrected chi connectivity index (χ4v) is 1.99. The van der Waals surface area contributed by atoms with E-state index in [2.05, 4.69) is 0 Å². The predicted molar refractivity (Wildman–Crippen MR) is 77.8 cm³/mol. The van der Waals surface area contributed by atoms with Gasteiger partial charge < -0.3 is 9.84 Å². The maximum atomic E-state index is 13.6. The van der Waals surface area contributed by atoms with Gasteiger partial charge in [-0.1, -0.05) is 6.07 Å². The summed E-state index contributed by atoms with van der Waals surface area (Å²) in [5, 5.41) is 9.75. The molecule has 0 fully saturated rings. The highest BCUT2D eigenvalue weighted by molar-refractivity contribution is 5.43. The lowest BCUT2D eigenvalue weighted by Gasteiger charge is -2.15. The zero-order chi connectivity index (χ0) is 14.9. The summed E-state index contributed by atoms with van der Waals surface area (Å²) in [6, 6.07) is 8.72. The molecular formula is C17H19FO2. The molecule has 0 aliphatic heterocycles. The van der Waals surface area contributed by atoms with E-state index < -0.39 is 6.10 Å². The van der Waals surface area contributed by atoms with E-state index in [1.807, 2.05) is 32.0 Å². The highest BCUT2D eigenvalue weighted by Crippen LogP contribution is 2.32. The van der Waals surface area contributed by atoms with Crippen molar-refractivity contribution in [1.29, 1.82) is 0 Å². The lowest BCUT2D eigenvalue weighted by molar-refractivity contribution is 0.195. The van der Waals surface area contributed by atoms with Crippen LogP contribution in [0.5, 0.6) is 11.5 Å². The Morgan fingerprint density at radius 2 is 1.70 bits per heavy atom. The summed E-state index contributed by atoms with van der Waals surface area (Å²) in [6.45, 7) is 7.31. The number of halogens is 1. The highest BCUT2D eigenvalue weighted by Gasteiger charge is 2.14. The number of ether oxygens (including phenoxy) is 1. The van der Waals surface area contributed by atoms with E-state index in [1.165, 1.54) is 11.6 Å². The minimum Gasteiger partial charge on any atom is -0.457 e. The lowest BCUT2D eigenvalue weighted by Crippen LogP contribution is -1.99. The first-order chi connectivity index (χ1) is 9.38. The fourth-order valence-electron chi connectivity index (χ4n) is 1.99. The summed E-state index contributed by atoms with van der Waals surface area (Å²) in [5.74, 6) is 0.830. The first-order valence-electron chi connectivity index (χ1n) is 6.61. The molecule has 0 aliphatic rings. The monoisotopic (exact) mass is 274 g/mol. The summed E-state index contributed by atoms with van der Waals surface area (Å²) >= 11 is 0. The first-order valence-corrected chi connectivity index (χ1v) is 6.61. The second-order valence-corrected chi connectivity index (χ2v) is 5.16. The number of rotatable bonds is 3. The average Bonchev–Trinajstić information content (AvgIpc) is 2.37. The van der Waals surface area contributed by atoms with Crippen molar-refractivity contribution < 1.29 is 14.2 Å². The number of hydrogen-bond donors (Lipinski definition) is 1. The molecule has 20 heavy (non-hydrogen) atoms. The van der Waals surface area contributed by atoms with Crippen molar-refractivity contribution in [2.75, 3.05) is 0 Å². The maximum Gasteiger partial charge on any atom is 0.133 e. The molecule has 1 unspecified atom stereocenters. The summed E-state index contributed by atoms with van der Waals surface area (Å²) in [6.07, 6.45) is -0.786. The SMILES string of the molecule is Cc1ccc(Oc2cc(C)c(F)cc2C(C)O)cc1C. The van der Waals surface area contributed by atoms with E-state index in [4.69, 9.17) is 4.74 Å². The van der Waals surface area contributed by atoms with Gasteiger partial charge in [-0.15, -0.1) is 0 Å². The molecule has 2 aromatic carbocycles. The van der Waals surface area contributed by atoms with Crippen LogP contribution in [0.1, 0.15) is 35.3 Å². The number of aliphatic hydroxyl groups excluding tert-OH is 1. The predicted octanol–water partition coefficient (Wildman–Crippen LogP) is 4.60. The van der Waals surface area contributed by atoms with Gasteiger partial charge in [0.05, 0.1) is 6.10 Å². The van der Waals surface area contributed by atoms with Crippen molar-refractivity contribution in [2.45, 2.75) is 33.8 Å². The van der Waals surface area contributed by atoms with Crippen LogP contribution in [0, 0.1) is 26.6 Å². The van der Waals surface area contributed by atoms with Crippen LogP contribution in [0.2, 0.25) is 0 Å². The average molecular weight is 274 g/mol. The van der Waals surface area contributed by atoms with Crippen LogP contribution >= 0.6 is 0 Å². The van der Waals surface area contributed by atoms with Gasteiger partial charge in [0.25, 0.3) is 0 Å². The van der Waals surface area contributed by atoms with Gasteiger partial charge in [-0.2, -0.15) is 0 Å². The van der Waals surface area contributed by atoms with Crippen LogP contribution in [-0.4, -0.2) is 5.11 Å². The molecule has 0 aromatic heterocycles. The van der Waals surface area contributed by atoms with E-state index in [0.29, 0.717) is 22.6 Å². The van der Waals surface area contributed by atoms with Crippen LogP contribution in [0.15, 0.2) is 30.3 Å². The van der Waals surface area contributed by atoms with Gasteiger partial charge in [0.2, 0.25) is 0 Å². The van der Waals surface area contributed by atoms with E-state index in [0.717, 1.165) is 5.56 Å². The fraction of sp³-hybridized carbons (Fsp3) is 0.294. The Labute approximate surface area is 118 Å². The molecule has 2 nitrogen and oxygen atoms in total. The summed E-state index contributed by atoms with van der Waals surface area (Å²) in [7, 11) is 0. The molecule has 0 saturated heterocycles. The highest BCUT2D eigenvalue weighted by atomic mass is 19.1. The van der Waals surface area contributed by atoms with Crippen molar-refractivity contribution in [1.82, 2.24) is 0 Å². The minimum absolute atomic E-state index is 0.340. The van der Waals surface area contributed by atoms with E-state index in [1.54, 1.807) is 19.9 Å². The van der Waals surface area contributed by atoms with Crippen LogP contribution < -0.4 is 4.74 Å². The molecule has 2 aromatic rings. The number of benzene rings is 2. The van der Waals surface area contributed by atoms with Gasteiger partial charge in [-0.3, -0.25) is 0 Å². The van der Waals surface area contributed by atoms with E-state index in [9.17, 15) is 9.50 Å². The molecule has 106 valence electrons. The third-order valence-corrected chi connectivity index (χ3v) is 3.45. The number of aryl methyl sites for hydroxylation is 3.